The summed E-state index contributed by atoms with van der Waals surface area (Å²) in [7, 11) is 1.65. The standard InChI is InChI=1S/C13H16NOS.W/c1-15-11-3-2-9-6-10-8-13(16,4-5-14-10)12(9)7-11;/h2-3,10,14,16H,4-6,8H2,1H3;/q-1;/t10-,13+;/m0./s1/i8T;/t8?,10-,13+;. The summed E-state index contributed by atoms with van der Waals surface area (Å²) < 4.78 is 13.2. The van der Waals surface area contributed by atoms with Gasteiger partial charge in [0.05, 0.1) is 7.11 Å². The Hall–Kier alpha value is 0.0183. The Labute approximate surface area is 124 Å². The van der Waals surface area contributed by atoms with Crippen molar-refractivity contribution in [1.82, 2.24) is 5.32 Å². The number of benzene rings is 1. The first-order valence-electron chi connectivity index (χ1n) is 6.20. The van der Waals surface area contributed by atoms with Gasteiger partial charge < -0.3 is 10.1 Å². The Bertz CT molecular complexity index is 459. The van der Waals surface area contributed by atoms with Crippen molar-refractivity contribution in [2.45, 2.75) is 30.0 Å². The van der Waals surface area contributed by atoms with Crippen LogP contribution in [-0.4, -0.2) is 19.7 Å². The van der Waals surface area contributed by atoms with Crippen LogP contribution in [0.25, 0.3) is 0 Å². The molecule has 0 spiro atoms. The van der Waals surface area contributed by atoms with E-state index in [2.05, 4.69) is 17.4 Å². The van der Waals surface area contributed by atoms with Crippen LogP contribution in [0.5, 0.6) is 5.75 Å². The Morgan fingerprint density at radius 3 is 3.24 bits per heavy atom. The quantitative estimate of drug-likeness (QED) is 0.536. The van der Waals surface area contributed by atoms with E-state index in [0.29, 0.717) is 0 Å². The van der Waals surface area contributed by atoms with Gasteiger partial charge in [-0.3, -0.25) is 0 Å². The van der Waals surface area contributed by atoms with E-state index < -0.39 is 0 Å². The molecule has 92 valence electrons. The maximum atomic E-state index is 8.34. The number of thiol groups is 1. The van der Waals surface area contributed by atoms with Gasteiger partial charge in [-0.1, -0.05) is 6.42 Å². The second-order valence-electron chi connectivity index (χ2n) is 4.53. The largest absolute Gasteiger partial charge is 0.523 e. The zero-order valence-corrected chi connectivity index (χ0v) is 13.5. The molecule has 2 bridgehead atoms. The van der Waals surface area contributed by atoms with Gasteiger partial charge in [0.2, 0.25) is 0 Å². The molecule has 1 heterocycles. The van der Waals surface area contributed by atoms with E-state index in [0.717, 1.165) is 30.7 Å². The van der Waals surface area contributed by atoms with Gasteiger partial charge in [0.25, 0.3) is 0 Å². The molecule has 0 saturated carbocycles. The van der Waals surface area contributed by atoms with Gasteiger partial charge in [-0.2, -0.15) is 18.7 Å². The average molecular weight is 420 g/mol. The molecule has 0 amide bonds. The van der Waals surface area contributed by atoms with Crippen LogP contribution in [0.4, 0.5) is 0 Å². The SMILES string of the molecule is [3H]C1[C@@H]2Cc3ccc(OC)[c-]c3[C@@]1(S)CCN2.[W]. The molecule has 0 radical (unpaired) electrons. The number of rotatable bonds is 1. The second-order valence-corrected chi connectivity index (χ2v) is 5.33. The fourth-order valence-corrected chi connectivity index (χ4v) is 3.17. The van der Waals surface area contributed by atoms with Crippen LogP contribution in [-0.2, 0) is 32.2 Å². The van der Waals surface area contributed by atoms with Gasteiger partial charge in [-0.05, 0) is 19.4 Å². The summed E-state index contributed by atoms with van der Waals surface area (Å²) >= 11 is 4.81. The van der Waals surface area contributed by atoms with E-state index in [1.165, 1.54) is 5.56 Å². The topological polar surface area (TPSA) is 21.3 Å². The number of piperidine rings is 1. The molecule has 1 saturated heterocycles. The first-order chi connectivity index (χ1) is 8.15. The van der Waals surface area contributed by atoms with Crippen LogP contribution < -0.4 is 10.1 Å². The number of ether oxygens (including phenoxy) is 1. The molecule has 1 fully saturated rings. The summed E-state index contributed by atoms with van der Waals surface area (Å²) in [6.45, 7) is 0.925. The van der Waals surface area contributed by atoms with Crippen molar-refractivity contribution in [3.8, 4) is 5.75 Å². The molecule has 1 aliphatic heterocycles. The molecule has 4 heteroatoms. The first-order valence-corrected chi connectivity index (χ1v) is 6.07. The molecular formula is C13H16NOSW-. The molecular weight excluding hydrogens is 402 g/mol. The summed E-state index contributed by atoms with van der Waals surface area (Å²) in [4.78, 5) is 0. The Morgan fingerprint density at radius 1 is 1.65 bits per heavy atom. The third-order valence-corrected chi connectivity index (χ3v) is 4.08. The van der Waals surface area contributed by atoms with Gasteiger partial charge >= 0.3 is 0 Å². The van der Waals surface area contributed by atoms with E-state index in [4.69, 9.17) is 18.7 Å². The predicted molar refractivity (Wildman–Crippen MR) is 67.2 cm³/mol. The molecule has 3 atom stereocenters. The summed E-state index contributed by atoms with van der Waals surface area (Å²) in [5.74, 6) is 0.737. The monoisotopic (exact) mass is 420 g/mol. The van der Waals surface area contributed by atoms with Gasteiger partial charge in [-0.25, -0.2) is 0 Å². The molecule has 1 aromatic carbocycles. The Balaban J connectivity index is 0.00000120. The van der Waals surface area contributed by atoms with E-state index in [1.54, 1.807) is 7.11 Å². The minimum atomic E-state index is -0.377. The van der Waals surface area contributed by atoms with Gasteiger partial charge in [0, 0.05) is 39.0 Å². The Kier molecular flexibility index (Phi) is 3.51. The minimum Gasteiger partial charge on any atom is -0.523 e. The minimum absolute atomic E-state index is 0. The second kappa shape index (κ2) is 4.95. The zero-order chi connectivity index (χ0) is 12.0. The number of nitrogens with one attached hydrogen (secondary N) is 1. The third-order valence-electron chi connectivity index (χ3n) is 3.49. The van der Waals surface area contributed by atoms with E-state index in [-0.39, 0.29) is 38.3 Å². The van der Waals surface area contributed by atoms with Crippen molar-refractivity contribution in [2.75, 3.05) is 13.7 Å². The van der Waals surface area contributed by atoms with Crippen LogP contribution >= 0.6 is 12.6 Å². The average Bonchev–Trinajstić information content (AvgIpc) is 2.33. The molecule has 2 aliphatic rings. The normalized spacial score (nSPS) is 35.3. The summed E-state index contributed by atoms with van der Waals surface area (Å²) in [6.07, 6.45) is 1.56. The third kappa shape index (κ3) is 2.30. The van der Waals surface area contributed by atoms with Gasteiger partial charge in [0.15, 0.2) is 0 Å². The van der Waals surface area contributed by atoms with E-state index in [9.17, 15) is 0 Å². The van der Waals surface area contributed by atoms with Crippen molar-refractivity contribution in [3.05, 3.63) is 29.3 Å². The molecule has 17 heavy (non-hydrogen) atoms. The van der Waals surface area contributed by atoms with Crippen molar-refractivity contribution in [1.29, 1.82) is 0 Å². The Morgan fingerprint density at radius 2 is 2.47 bits per heavy atom. The van der Waals surface area contributed by atoms with Crippen LogP contribution in [0.15, 0.2) is 12.1 Å². The molecule has 0 aromatic heterocycles. The van der Waals surface area contributed by atoms with Gasteiger partial charge in [-0.15, -0.1) is 23.3 Å². The van der Waals surface area contributed by atoms with Crippen molar-refractivity contribution < 1.29 is 27.2 Å². The maximum Gasteiger partial charge on any atom is 0.0743 e. The van der Waals surface area contributed by atoms with Crippen LogP contribution in [0.1, 0.15) is 25.3 Å². The van der Waals surface area contributed by atoms with Crippen molar-refractivity contribution in [2.24, 2.45) is 0 Å². The van der Waals surface area contributed by atoms with E-state index in [1.807, 2.05) is 6.07 Å². The summed E-state index contributed by atoms with van der Waals surface area (Å²) in [5, 5.41) is 3.41. The zero-order valence-electron chi connectivity index (χ0n) is 10.7. The molecule has 1 aromatic rings. The number of hydrogen-bond donors (Lipinski definition) is 2. The fraction of sp³-hybridized carbons (Fsp3) is 0.538. The molecule has 1 N–H and O–H groups in total. The molecule has 1 aliphatic carbocycles. The smallest absolute Gasteiger partial charge is 0.0743 e. The van der Waals surface area contributed by atoms with Crippen LogP contribution in [0.2, 0.25) is 0 Å². The van der Waals surface area contributed by atoms with Crippen molar-refractivity contribution in [3.63, 3.8) is 0 Å². The summed E-state index contributed by atoms with van der Waals surface area (Å²) in [6, 6.07) is 7.54. The number of hydrogen-bond acceptors (Lipinski definition) is 3. The van der Waals surface area contributed by atoms with Crippen LogP contribution in [0.3, 0.4) is 0 Å². The van der Waals surface area contributed by atoms with Crippen molar-refractivity contribution >= 4 is 12.6 Å². The number of fused-ring (bicyclic) bond motifs is 4. The first kappa shape index (κ1) is 12.1. The van der Waals surface area contributed by atoms with Crippen LogP contribution in [0, 0.1) is 6.07 Å². The number of methoxy groups -OCH3 is 1. The predicted octanol–water partition coefficient (Wildman–Crippen LogP) is 1.93. The fourth-order valence-electron chi connectivity index (χ4n) is 2.68. The maximum absolute atomic E-state index is 8.34. The molecule has 1 unspecified atom stereocenters. The van der Waals surface area contributed by atoms with Gasteiger partial charge in [0.1, 0.15) is 0 Å². The summed E-state index contributed by atoms with van der Waals surface area (Å²) in [5.41, 5.74) is 2.32. The molecule has 3 rings (SSSR count). The molecule has 2 nitrogen and oxygen atoms in total. The van der Waals surface area contributed by atoms with E-state index >= 15 is 0 Å².